The standard InChI is InChI=1S/C44H28O/c1-3-15-29(16-4-1)31-27-39(44-38-25-13-14-26-40(38)45-41(44)28-31)43-36-23-11-9-21-34(36)42(35-22-10-12-24-37(35)43)33-20-8-7-19-32(33)30-17-5-2-6-18-30/h1-28H/i2D,9D,10D,11D,12D,21D,22D,23D,24D. The van der Waals surface area contributed by atoms with E-state index in [1.165, 1.54) is 0 Å². The molecule has 45 heavy (non-hydrogen) atoms. The molecule has 0 N–H and O–H groups in total. The first kappa shape index (κ1) is 18.0. The van der Waals surface area contributed by atoms with Crippen LogP contribution in [-0.2, 0) is 0 Å². The van der Waals surface area contributed by atoms with Crippen LogP contribution < -0.4 is 0 Å². The molecule has 1 aromatic heterocycles. The van der Waals surface area contributed by atoms with E-state index in [0.717, 1.165) is 22.1 Å². The molecular formula is C44H28O. The van der Waals surface area contributed by atoms with Crippen LogP contribution in [0.3, 0.4) is 0 Å². The Labute approximate surface area is 274 Å². The third-order valence-electron chi connectivity index (χ3n) is 8.46. The van der Waals surface area contributed by atoms with E-state index in [2.05, 4.69) is 0 Å². The molecule has 0 spiro atoms. The van der Waals surface area contributed by atoms with Crippen LogP contribution in [0.4, 0.5) is 0 Å². The fraction of sp³-hybridized carbons (Fsp3) is 0. The fourth-order valence-corrected chi connectivity index (χ4v) is 6.53. The molecule has 9 aromatic rings. The molecule has 0 aliphatic rings. The van der Waals surface area contributed by atoms with Crippen molar-refractivity contribution >= 4 is 43.5 Å². The summed E-state index contributed by atoms with van der Waals surface area (Å²) in [5.41, 5.74) is 5.68. The van der Waals surface area contributed by atoms with Gasteiger partial charge in [-0.05, 0) is 84.3 Å². The third kappa shape index (κ3) is 4.09. The van der Waals surface area contributed by atoms with Gasteiger partial charge in [-0.3, -0.25) is 0 Å². The van der Waals surface area contributed by atoms with Crippen LogP contribution in [0.15, 0.2) is 174 Å². The third-order valence-corrected chi connectivity index (χ3v) is 8.46. The molecule has 1 heterocycles. The summed E-state index contributed by atoms with van der Waals surface area (Å²) in [5.74, 6) is 0. The van der Waals surface area contributed by atoms with Crippen LogP contribution in [0.2, 0.25) is 0 Å². The van der Waals surface area contributed by atoms with Crippen LogP contribution in [0.25, 0.3) is 88.0 Å². The van der Waals surface area contributed by atoms with Crippen LogP contribution in [0.1, 0.15) is 12.3 Å². The zero-order valence-corrected chi connectivity index (χ0v) is 23.9. The van der Waals surface area contributed by atoms with E-state index in [9.17, 15) is 5.48 Å². The summed E-state index contributed by atoms with van der Waals surface area (Å²) in [6, 6.07) is 32.3. The molecular weight excluding hydrogens is 544 g/mol. The first-order valence-corrected chi connectivity index (χ1v) is 14.7. The Balaban J connectivity index is 1.59. The highest BCUT2D eigenvalue weighted by Gasteiger charge is 2.22. The summed E-state index contributed by atoms with van der Waals surface area (Å²) in [4.78, 5) is 0. The average molecular weight is 582 g/mol. The molecule has 0 saturated heterocycles. The number of benzene rings is 8. The molecule has 1 heteroatoms. The minimum atomic E-state index is -0.466. The van der Waals surface area contributed by atoms with Crippen molar-refractivity contribution in [1.29, 1.82) is 0 Å². The van der Waals surface area contributed by atoms with Crippen molar-refractivity contribution in [1.82, 2.24) is 0 Å². The van der Waals surface area contributed by atoms with E-state index in [1.54, 1.807) is 36.4 Å². The molecule has 0 amide bonds. The average Bonchev–Trinajstić information content (AvgIpc) is 3.58. The van der Waals surface area contributed by atoms with E-state index in [1.807, 2.05) is 78.9 Å². The Morgan fingerprint density at radius 2 is 0.933 bits per heavy atom. The lowest BCUT2D eigenvalue weighted by molar-refractivity contribution is 0.669. The topological polar surface area (TPSA) is 13.1 Å². The predicted octanol–water partition coefficient (Wildman–Crippen LogP) is 12.6. The van der Waals surface area contributed by atoms with Gasteiger partial charge in [0.15, 0.2) is 0 Å². The Hall–Kier alpha value is -5.92. The molecule has 0 aliphatic carbocycles. The number of fused-ring (bicyclic) bond motifs is 5. The maximum absolute atomic E-state index is 9.54. The zero-order chi connectivity index (χ0) is 37.6. The molecule has 0 saturated carbocycles. The normalized spacial score (nSPS) is 14.4. The van der Waals surface area contributed by atoms with Gasteiger partial charge in [-0.15, -0.1) is 0 Å². The molecule has 0 unspecified atom stereocenters. The Kier molecular flexibility index (Phi) is 4.15. The van der Waals surface area contributed by atoms with Crippen molar-refractivity contribution in [2.24, 2.45) is 0 Å². The Morgan fingerprint density at radius 3 is 1.62 bits per heavy atom. The van der Waals surface area contributed by atoms with Gasteiger partial charge >= 0.3 is 0 Å². The van der Waals surface area contributed by atoms with Gasteiger partial charge in [-0.2, -0.15) is 0 Å². The SMILES string of the molecule is [2H]c1ccc(-c2ccccc2-c2c3c([2H])c([2H])c([2H])c([2H])c3c(-c3cc(-c4ccccc4)cc4oc5ccccc5c34)c3c([2H])c([2H])c([2H])c([2H])c23)cc1. The lowest BCUT2D eigenvalue weighted by Gasteiger charge is -2.20. The maximum Gasteiger partial charge on any atom is 0.136 e. The first-order chi connectivity index (χ1) is 26.1. The minimum absolute atomic E-state index is 0.127. The molecule has 1 nitrogen and oxygen atoms in total. The summed E-state index contributed by atoms with van der Waals surface area (Å²) in [6.45, 7) is 0. The molecule has 0 aliphatic heterocycles. The molecule has 210 valence electrons. The monoisotopic (exact) mass is 581 g/mol. The van der Waals surface area contributed by atoms with E-state index >= 15 is 0 Å². The lowest BCUT2D eigenvalue weighted by Crippen LogP contribution is -1.93. The second-order valence-corrected chi connectivity index (χ2v) is 10.9. The minimum Gasteiger partial charge on any atom is -0.456 e. The fourth-order valence-electron chi connectivity index (χ4n) is 6.53. The van der Waals surface area contributed by atoms with Crippen LogP contribution in [0, 0.1) is 0 Å². The number of rotatable bonds is 4. The molecule has 0 fully saturated rings. The van der Waals surface area contributed by atoms with Crippen molar-refractivity contribution in [2.75, 3.05) is 0 Å². The second kappa shape index (κ2) is 10.4. The van der Waals surface area contributed by atoms with Crippen LogP contribution in [-0.4, -0.2) is 0 Å². The first-order valence-electron chi connectivity index (χ1n) is 19.2. The number of hydrogen-bond donors (Lipinski definition) is 0. The van der Waals surface area contributed by atoms with Gasteiger partial charge in [0.2, 0.25) is 0 Å². The van der Waals surface area contributed by atoms with Gasteiger partial charge < -0.3 is 4.42 Å². The highest BCUT2D eigenvalue weighted by molar-refractivity contribution is 6.26. The van der Waals surface area contributed by atoms with Crippen molar-refractivity contribution in [3.8, 4) is 44.5 Å². The molecule has 0 atom stereocenters. The Morgan fingerprint density at radius 1 is 0.378 bits per heavy atom. The van der Waals surface area contributed by atoms with Gasteiger partial charge in [-0.1, -0.05) is 151 Å². The number of furan rings is 1. The van der Waals surface area contributed by atoms with Crippen LogP contribution in [0.5, 0.6) is 0 Å². The summed E-state index contributed by atoms with van der Waals surface area (Å²) >= 11 is 0. The summed E-state index contributed by atoms with van der Waals surface area (Å²) < 4.78 is 88.2. The van der Waals surface area contributed by atoms with E-state index in [-0.39, 0.29) is 56.8 Å². The van der Waals surface area contributed by atoms with Crippen molar-refractivity contribution in [3.63, 3.8) is 0 Å². The molecule has 0 bridgehead atoms. The van der Waals surface area contributed by atoms with Gasteiger partial charge in [0, 0.05) is 10.8 Å². The van der Waals surface area contributed by atoms with Crippen molar-refractivity contribution in [3.05, 3.63) is 170 Å². The van der Waals surface area contributed by atoms with Gasteiger partial charge in [0.25, 0.3) is 0 Å². The largest absolute Gasteiger partial charge is 0.456 e. The van der Waals surface area contributed by atoms with E-state index in [4.69, 9.17) is 11.3 Å². The highest BCUT2D eigenvalue weighted by Crippen LogP contribution is 2.49. The quantitative estimate of drug-likeness (QED) is 0.188. The lowest BCUT2D eigenvalue weighted by atomic mass is 9.82. The number of hydrogen-bond acceptors (Lipinski definition) is 1. The smallest absolute Gasteiger partial charge is 0.136 e. The highest BCUT2D eigenvalue weighted by atomic mass is 16.3. The summed E-state index contributed by atoms with van der Waals surface area (Å²) in [5, 5.41) is 1.91. The molecule has 0 radical (unpaired) electrons. The van der Waals surface area contributed by atoms with Gasteiger partial charge in [0.1, 0.15) is 11.2 Å². The van der Waals surface area contributed by atoms with E-state index < -0.39 is 24.2 Å². The Bertz CT molecular complexity index is 2940. The predicted molar refractivity (Wildman–Crippen MR) is 190 cm³/mol. The van der Waals surface area contributed by atoms with Gasteiger partial charge in [0.05, 0.1) is 12.3 Å². The number of para-hydroxylation sites is 1. The van der Waals surface area contributed by atoms with Crippen molar-refractivity contribution < 1.29 is 16.8 Å². The molecule has 9 rings (SSSR count). The molecule has 8 aromatic carbocycles. The van der Waals surface area contributed by atoms with Crippen LogP contribution >= 0.6 is 0 Å². The van der Waals surface area contributed by atoms with Gasteiger partial charge in [-0.25, -0.2) is 0 Å². The summed E-state index contributed by atoms with van der Waals surface area (Å²) in [7, 11) is 0. The zero-order valence-electron chi connectivity index (χ0n) is 32.9. The van der Waals surface area contributed by atoms with E-state index in [0.29, 0.717) is 39.3 Å². The van der Waals surface area contributed by atoms with Crippen molar-refractivity contribution in [2.45, 2.75) is 0 Å². The maximum atomic E-state index is 9.54. The summed E-state index contributed by atoms with van der Waals surface area (Å²) in [6.07, 6.45) is 0. The second-order valence-electron chi connectivity index (χ2n) is 10.9.